The average molecular weight is 476 g/mol. The van der Waals surface area contributed by atoms with Gasteiger partial charge >= 0.3 is 5.97 Å². The lowest BCUT2D eigenvalue weighted by Gasteiger charge is -2.18. The number of thioether (sulfide) groups is 1. The van der Waals surface area contributed by atoms with Crippen LogP contribution in [0.5, 0.6) is 0 Å². The Kier molecular flexibility index (Phi) is 6.24. The molecule has 0 unspecified atom stereocenters. The van der Waals surface area contributed by atoms with Crippen LogP contribution in [0.3, 0.4) is 0 Å². The van der Waals surface area contributed by atoms with Gasteiger partial charge in [0.25, 0.3) is 11.6 Å². The molecule has 9 nitrogen and oxygen atoms in total. The first-order chi connectivity index (χ1) is 16.3. The van der Waals surface area contributed by atoms with E-state index < -0.39 is 29.1 Å². The number of hydrogen-bond donors (Lipinski definition) is 1. The summed E-state index contributed by atoms with van der Waals surface area (Å²) in [4.78, 5) is 61.3. The maximum absolute atomic E-state index is 12.8. The Morgan fingerprint density at radius 2 is 1.59 bits per heavy atom. The molecule has 1 amide bonds. The zero-order chi connectivity index (χ0) is 24.4. The number of ketones is 2. The standard InChI is InChI=1S/C24H16N2O7S/c1-34-14-7-9-20(26(31)32)19(11-14)24(30)33-12-21(27)25-13-6-8-17-18(10-13)23(29)16-5-3-2-4-15(16)22(17)28/h2-11H,12H2,1H3,(H,25,27). The number of nitro benzene ring substituents is 1. The molecule has 0 radical (unpaired) electrons. The largest absolute Gasteiger partial charge is 0.452 e. The molecule has 0 saturated carbocycles. The summed E-state index contributed by atoms with van der Waals surface area (Å²) in [6, 6.07) is 14.8. The third-order valence-electron chi connectivity index (χ3n) is 5.16. The van der Waals surface area contributed by atoms with Crippen LogP contribution in [0.25, 0.3) is 0 Å². The van der Waals surface area contributed by atoms with Crippen molar-refractivity contribution < 1.29 is 28.8 Å². The van der Waals surface area contributed by atoms with Gasteiger partial charge in [-0.15, -0.1) is 11.8 Å². The minimum atomic E-state index is -1.01. The molecule has 1 aliphatic carbocycles. The predicted octanol–water partition coefficient (Wildman–Crippen LogP) is 3.89. The summed E-state index contributed by atoms with van der Waals surface area (Å²) >= 11 is 1.29. The van der Waals surface area contributed by atoms with E-state index in [4.69, 9.17) is 4.74 Å². The molecule has 4 rings (SSSR count). The highest BCUT2D eigenvalue weighted by atomic mass is 32.2. The smallest absolute Gasteiger partial charge is 0.345 e. The van der Waals surface area contributed by atoms with Crippen molar-refractivity contribution in [2.75, 3.05) is 18.2 Å². The fraction of sp³-hybridized carbons (Fsp3) is 0.0833. The number of nitro groups is 1. The van der Waals surface area contributed by atoms with Crippen LogP contribution in [-0.2, 0) is 9.53 Å². The van der Waals surface area contributed by atoms with Crippen LogP contribution >= 0.6 is 11.8 Å². The summed E-state index contributed by atoms with van der Waals surface area (Å²) in [5.74, 6) is -2.35. The van der Waals surface area contributed by atoms with Gasteiger partial charge in [0, 0.05) is 38.9 Å². The summed E-state index contributed by atoms with van der Waals surface area (Å²) in [5, 5.41) is 13.7. The summed E-state index contributed by atoms with van der Waals surface area (Å²) in [6.45, 7) is -0.702. The molecule has 1 N–H and O–H groups in total. The second kappa shape index (κ2) is 9.28. The van der Waals surface area contributed by atoms with Crippen molar-refractivity contribution in [3.05, 3.63) is 98.6 Å². The highest BCUT2D eigenvalue weighted by Gasteiger charge is 2.29. The third-order valence-corrected chi connectivity index (χ3v) is 5.89. The Labute approximate surface area is 197 Å². The second-order valence-corrected chi connectivity index (χ2v) is 8.11. The highest BCUT2D eigenvalue weighted by Crippen LogP contribution is 2.29. The lowest BCUT2D eigenvalue weighted by atomic mass is 9.84. The monoisotopic (exact) mass is 476 g/mol. The van der Waals surface area contributed by atoms with Crippen LogP contribution in [0.4, 0.5) is 11.4 Å². The van der Waals surface area contributed by atoms with Gasteiger partial charge in [-0.2, -0.15) is 0 Å². The number of ether oxygens (including phenoxy) is 1. The molecule has 0 aliphatic heterocycles. The summed E-state index contributed by atoms with van der Waals surface area (Å²) in [6.07, 6.45) is 1.75. The number of benzene rings is 3. The molecular weight excluding hydrogens is 460 g/mol. The molecule has 0 aromatic heterocycles. The quantitative estimate of drug-likeness (QED) is 0.192. The van der Waals surface area contributed by atoms with Gasteiger partial charge in [0.15, 0.2) is 18.2 Å². The number of nitrogens with zero attached hydrogens (tertiary/aromatic N) is 1. The van der Waals surface area contributed by atoms with E-state index in [9.17, 15) is 29.3 Å². The molecule has 0 fully saturated rings. The van der Waals surface area contributed by atoms with Crippen LogP contribution in [0.1, 0.15) is 42.2 Å². The molecule has 10 heteroatoms. The van der Waals surface area contributed by atoms with Gasteiger partial charge < -0.3 is 10.1 Å². The van der Waals surface area contributed by atoms with Crippen LogP contribution in [0, 0.1) is 10.1 Å². The summed E-state index contributed by atoms with van der Waals surface area (Å²) in [7, 11) is 0. The van der Waals surface area contributed by atoms with Crippen LogP contribution in [-0.4, -0.2) is 41.2 Å². The van der Waals surface area contributed by atoms with Gasteiger partial charge in [0.05, 0.1) is 4.92 Å². The number of rotatable bonds is 6. The fourth-order valence-electron chi connectivity index (χ4n) is 3.55. The maximum Gasteiger partial charge on any atom is 0.345 e. The van der Waals surface area contributed by atoms with E-state index >= 15 is 0 Å². The molecule has 0 spiro atoms. The van der Waals surface area contributed by atoms with Gasteiger partial charge in [-0.1, -0.05) is 24.3 Å². The van der Waals surface area contributed by atoms with Gasteiger partial charge in [-0.3, -0.25) is 24.5 Å². The van der Waals surface area contributed by atoms with E-state index in [1.807, 2.05) is 0 Å². The minimum Gasteiger partial charge on any atom is -0.452 e. The third kappa shape index (κ3) is 4.30. The Hall–Kier alpha value is -4.31. The van der Waals surface area contributed by atoms with Crippen molar-refractivity contribution in [3.8, 4) is 0 Å². The lowest BCUT2D eigenvalue weighted by molar-refractivity contribution is -0.385. The van der Waals surface area contributed by atoms with E-state index in [1.165, 1.54) is 48.2 Å². The van der Waals surface area contributed by atoms with Gasteiger partial charge in [-0.05, 0) is 36.6 Å². The van der Waals surface area contributed by atoms with Gasteiger partial charge in [0.1, 0.15) is 5.56 Å². The number of amides is 1. The Morgan fingerprint density at radius 1 is 0.941 bits per heavy atom. The van der Waals surface area contributed by atoms with E-state index in [1.54, 1.807) is 30.5 Å². The van der Waals surface area contributed by atoms with Crippen LogP contribution < -0.4 is 5.32 Å². The number of hydrogen-bond acceptors (Lipinski definition) is 8. The molecule has 0 atom stereocenters. The molecule has 1 aliphatic rings. The predicted molar refractivity (Wildman–Crippen MR) is 124 cm³/mol. The van der Waals surface area contributed by atoms with E-state index in [0.717, 1.165) is 0 Å². The number of carbonyl (C=O) groups is 4. The van der Waals surface area contributed by atoms with E-state index in [2.05, 4.69) is 5.32 Å². The van der Waals surface area contributed by atoms with Crippen LogP contribution in [0.15, 0.2) is 65.6 Å². The minimum absolute atomic E-state index is 0.156. The molecule has 170 valence electrons. The normalized spacial score (nSPS) is 11.9. The SMILES string of the molecule is CSc1ccc([N+](=O)[O-])c(C(=O)OCC(=O)Nc2ccc3c(c2)C(=O)c2ccccc2C3=O)c1. The van der Waals surface area contributed by atoms with Crippen molar-refractivity contribution in [2.45, 2.75) is 4.90 Å². The number of nitrogens with one attached hydrogen (secondary N) is 1. The Balaban J connectivity index is 1.47. The van der Waals surface area contributed by atoms with E-state index in [0.29, 0.717) is 10.5 Å². The first kappa shape index (κ1) is 22.9. The molecule has 0 saturated heterocycles. The topological polar surface area (TPSA) is 133 Å². The zero-order valence-electron chi connectivity index (χ0n) is 17.7. The van der Waals surface area contributed by atoms with Crippen molar-refractivity contribution in [1.29, 1.82) is 0 Å². The highest BCUT2D eigenvalue weighted by molar-refractivity contribution is 7.98. The number of anilines is 1. The fourth-order valence-corrected chi connectivity index (χ4v) is 3.99. The van der Waals surface area contributed by atoms with E-state index in [-0.39, 0.29) is 39.5 Å². The van der Waals surface area contributed by atoms with Crippen molar-refractivity contribution in [1.82, 2.24) is 0 Å². The Bertz CT molecular complexity index is 1380. The van der Waals surface area contributed by atoms with Crippen LogP contribution in [0.2, 0.25) is 0 Å². The molecule has 34 heavy (non-hydrogen) atoms. The first-order valence-corrected chi connectivity index (χ1v) is 11.1. The van der Waals surface area contributed by atoms with Gasteiger partial charge in [-0.25, -0.2) is 4.79 Å². The average Bonchev–Trinajstić information content (AvgIpc) is 2.85. The summed E-state index contributed by atoms with van der Waals surface area (Å²) < 4.78 is 4.96. The summed E-state index contributed by atoms with van der Waals surface area (Å²) in [5.41, 5.74) is 0.533. The van der Waals surface area contributed by atoms with Crippen molar-refractivity contribution in [2.24, 2.45) is 0 Å². The first-order valence-electron chi connectivity index (χ1n) is 9.92. The lowest BCUT2D eigenvalue weighted by Crippen LogP contribution is -2.23. The molecule has 3 aromatic rings. The van der Waals surface area contributed by atoms with Crippen molar-refractivity contribution >= 4 is 46.6 Å². The number of fused-ring (bicyclic) bond motifs is 2. The zero-order valence-corrected chi connectivity index (χ0v) is 18.5. The molecule has 0 heterocycles. The molecule has 0 bridgehead atoms. The molecular formula is C24H16N2O7S. The Morgan fingerprint density at radius 3 is 2.24 bits per heavy atom. The second-order valence-electron chi connectivity index (χ2n) is 7.23. The van der Waals surface area contributed by atoms with Crippen molar-refractivity contribution in [3.63, 3.8) is 0 Å². The number of esters is 1. The molecule has 3 aromatic carbocycles. The maximum atomic E-state index is 12.8. The number of carbonyl (C=O) groups excluding carboxylic acids is 4. The van der Waals surface area contributed by atoms with Gasteiger partial charge in [0.2, 0.25) is 0 Å².